The Hall–Kier alpha value is -2.19. The van der Waals surface area contributed by atoms with E-state index in [4.69, 9.17) is 4.98 Å². The van der Waals surface area contributed by atoms with E-state index in [1.165, 1.54) is 0 Å². The van der Waals surface area contributed by atoms with Crippen molar-refractivity contribution in [1.82, 2.24) is 24.1 Å². The van der Waals surface area contributed by atoms with E-state index in [-0.39, 0.29) is 5.56 Å². The van der Waals surface area contributed by atoms with Gasteiger partial charge in [0.1, 0.15) is 0 Å². The topological polar surface area (TPSA) is 65.1 Å². The molecule has 0 aliphatic heterocycles. The van der Waals surface area contributed by atoms with Crippen molar-refractivity contribution in [3.63, 3.8) is 0 Å². The molecule has 0 atom stereocenters. The summed E-state index contributed by atoms with van der Waals surface area (Å²) in [6, 6.07) is 7.65. The number of rotatable bonds is 6. The Balaban J connectivity index is 1.78. The summed E-state index contributed by atoms with van der Waals surface area (Å²) in [4.78, 5) is 17.6. The van der Waals surface area contributed by atoms with E-state index in [2.05, 4.69) is 36.3 Å². The zero-order valence-electron chi connectivity index (χ0n) is 15.5. The number of thiazole rings is 1. The molecule has 0 fully saturated rings. The Morgan fingerprint density at radius 1 is 1.22 bits per heavy atom. The van der Waals surface area contributed by atoms with Gasteiger partial charge >= 0.3 is 0 Å². The van der Waals surface area contributed by atoms with Gasteiger partial charge in [0.25, 0.3) is 5.56 Å². The average molecular weight is 400 g/mol. The maximum Gasteiger partial charge on any atom is 0.262 e. The number of hydrogen-bond donors (Lipinski definition) is 0. The maximum atomic E-state index is 12.9. The first-order valence-corrected chi connectivity index (χ1v) is 10.9. The molecule has 4 aromatic rings. The van der Waals surface area contributed by atoms with Gasteiger partial charge in [0.2, 0.25) is 5.78 Å². The number of aromatic nitrogens is 5. The first kappa shape index (κ1) is 18.2. The summed E-state index contributed by atoms with van der Waals surface area (Å²) in [5, 5.41) is 13.4. The van der Waals surface area contributed by atoms with Crippen molar-refractivity contribution in [3.05, 3.63) is 50.7 Å². The third kappa shape index (κ3) is 3.27. The van der Waals surface area contributed by atoms with Crippen LogP contribution in [-0.2, 0) is 12.3 Å². The number of para-hydroxylation sites is 1. The lowest BCUT2D eigenvalue weighted by Gasteiger charge is -2.10. The highest BCUT2D eigenvalue weighted by Crippen LogP contribution is 2.27. The molecule has 0 unspecified atom stereocenters. The fraction of sp³-hybridized carbons (Fsp3) is 0.368. The van der Waals surface area contributed by atoms with Gasteiger partial charge in [-0.1, -0.05) is 44.7 Å². The van der Waals surface area contributed by atoms with Crippen LogP contribution in [0.1, 0.15) is 43.8 Å². The predicted molar refractivity (Wildman–Crippen MR) is 111 cm³/mol. The van der Waals surface area contributed by atoms with Gasteiger partial charge in [0.15, 0.2) is 5.16 Å². The maximum absolute atomic E-state index is 12.9. The van der Waals surface area contributed by atoms with Gasteiger partial charge < -0.3 is 0 Å². The van der Waals surface area contributed by atoms with Crippen LogP contribution in [0.25, 0.3) is 16.7 Å². The Labute approximate surface area is 165 Å². The van der Waals surface area contributed by atoms with Crippen LogP contribution in [0.5, 0.6) is 0 Å². The van der Waals surface area contributed by atoms with Crippen molar-refractivity contribution in [2.75, 3.05) is 0 Å². The number of thioether (sulfide) groups is 1. The normalized spacial score (nSPS) is 11.9. The van der Waals surface area contributed by atoms with Gasteiger partial charge in [0.05, 0.1) is 21.6 Å². The summed E-state index contributed by atoms with van der Waals surface area (Å²) >= 11 is 3.30. The Morgan fingerprint density at radius 3 is 2.78 bits per heavy atom. The number of nitrogens with zero attached hydrogens (tertiary/aromatic N) is 5. The van der Waals surface area contributed by atoms with E-state index in [1.54, 1.807) is 27.7 Å². The van der Waals surface area contributed by atoms with E-state index in [0.29, 0.717) is 23.6 Å². The molecule has 140 valence electrons. The lowest BCUT2D eigenvalue weighted by Crippen LogP contribution is -2.23. The molecule has 0 saturated carbocycles. The molecular formula is C19H21N5OS2. The lowest BCUT2D eigenvalue weighted by molar-refractivity contribution is 0.662. The van der Waals surface area contributed by atoms with Crippen LogP contribution >= 0.6 is 23.1 Å². The predicted octanol–water partition coefficient (Wildman–Crippen LogP) is 4.33. The van der Waals surface area contributed by atoms with Crippen molar-refractivity contribution in [2.45, 2.75) is 50.6 Å². The summed E-state index contributed by atoms with van der Waals surface area (Å²) in [5.41, 5.74) is 1.89. The first-order chi connectivity index (χ1) is 13.1. The third-order valence-corrected chi connectivity index (χ3v) is 6.49. The molecule has 0 N–H and O–H groups in total. The number of fused-ring (bicyclic) bond motifs is 3. The van der Waals surface area contributed by atoms with Gasteiger partial charge in [-0.25, -0.2) is 4.98 Å². The molecule has 0 spiro atoms. The van der Waals surface area contributed by atoms with Crippen molar-refractivity contribution in [3.8, 4) is 0 Å². The van der Waals surface area contributed by atoms with Crippen molar-refractivity contribution in [1.29, 1.82) is 0 Å². The van der Waals surface area contributed by atoms with Crippen LogP contribution in [0, 0.1) is 0 Å². The summed E-state index contributed by atoms with van der Waals surface area (Å²) in [5.74, 6) is 1.77. The molecule has 8 heteroatoms. The molecule has 0 saturated heterocycles. The molecular weight excluding hydrogens is 378 g/mol. The minimum atomic E-state index is -0.00928. The van der Waals surface area contributed by atoms with Crippen LogP contribution in [0.3, 0.4) is 0 Å². The zero-order valence-corrected chi connectivity index (χ0v) is 17.2. The summed E-state index contributed by atoms with van der Waals surface area (Å²) in [6.07, 6.45) is 0.861. The second kappa shape index (κ2) is 7.44. The minimum Gasteiger partial charge on any atom is -0.276 e. The zero-order chi connectivity index (χ0) is 19.0. The van der Waals surface area contributed by atoms with Gasteiger partial charge in [-0.15, -0.1) is 21.5 Å². The highest BCUT2D eigenvalue weighted by atomic mass is 32.2. The third-order valence-electron chi connectivity index (χ3n) is 4.34. The summed E-state index contributed by atoms with van der Waals surface area (Å²) in [6.45, 7) is 6.99. The van der Waals surface area contributed by atoms with Crippen LogP contribution < -0.4 is 5.56 Å². The minimum absolute atomic E-state index is 0.00928. The Bertz CT molecular complexity index is 1160. The number of aryl methyl sites for hydroxylation is 1. The summed E-state index contributed by atoms with van der Waals surface area (Å²) < 4.78 is 3.71. The smallest absolute Gasteiger partial charge is 0.262 e. The van der Waals surface area contributed by atoms with Crippen LogP contribution in [0.4, 0.5) is 0 Å². The number of hydrogen-bond acceptors (Lipinski definition) is 6. The highest BCUT2D eigenvalue weighted by Gasteiger charge is 2.17. The molecule has 4 rings (SSSR count). The van der Waals surface area contributed by atoms with Crippen LogP contribution in [0.15, 0.2) is 39.6 Å². The largest absolute Gasteiger partial charge is 0.276 e. The first-order valence-electron chi connectivity index (χ1n) is 9.04. The molecule has 0 amide bonds. The molecule has 27 heavy (non-hydrogen) atoms. The van der Waals surface area contributed by atoms with Gasteiger partial charge in [0, 0.05) is 23.6 Å². The van der Waals surface area contributed by atoms with Crippen molar-refractivity contribution in [2.24, 2.45) is 0 Å². The molecule has 0 bridgehead atoms. The van der Waals surface area contributed by atoms with E-state index in [1.807, 2.05) is 28.7 Å². The van der Waals surface area contributed by atoms with E-state index in [9.17, 15) is 4.79 Å². The van der Waals surface area contributed by atoms with Gasteiger partial charge in [-0.2, -0.15) is 0 Å². The lowest BCUT2D eigenvalue weighted by atomic mass is 10.2. The molecule has 0 radical (unpaired) electrons. The fourth-order valence-electron chi connectivity index (χ4n) is 3.04. The van der Waals surface area contributed by atoms with Gasteiger partial charge in [-0.05, 0) is 18.6 Å². The van der Waals surface area contributed by atoms with Crippen LogP contribution in [0.2, 0.25) is 0 Å². The van der Waals surface area contributed by atoms with E-state index in [0.717, 1.165) is 33.5 Å². The second-order valence-corrected chi connectivity index (χ2v) is 8.54. The van der Waals surface area contributed by atoms with Crippen molar-refractivity contribution >= 4 is 39.8 Å². The molecule has 0 aliphatic rings. The number of benzene rings is 1. The van der Waals surface area contributed by atoms with E-state index >= 15 is 0 Å². The highest BCUT2D eigenvalue weighted by molar-refractivity contribution is 7.98. The Kier molecular flexibility index (Phi) is 5.01. The monoisotopic (exact) mass is 399 g/mol. The van der Waals surface area contributed by atoms with Crippen molar-refractivity contribution < 1.29 is 0 Å². The van der Waals surface area contributed by atoms with Crippen LogP contribution in [-0.4, -0.2) is 24.1 Å². The standard InChI is InChI=1S/C19H21N5OS2/c1-4-9-23-17(25)14-7-5-6-8-15(14)24-18(23)21-22-19(24)27-11-13-10-26-16(20-13)12(2)3/h5-8,10,12H,4,9,11H2,1-3H3. The summed E-state index contributed by atoms with van der Waals surface area (Å²) in [7, 11) is 0. The average Bonchev–Trinajstić information content (AvgIpc) is 3.30. The van der Waals surface area contributed by atoms with E-state index < -0.39 is 0 Å². The SMILES string of the molecule is CCCn1c(=O)c2ccccc2n2c(SCc3csc(C(C)C)n3)nnc12. The molecule has 0 aliphatic carbocycles. The van der Waals surface area contributed by atoms with Gasteiger partial charge in [-0.3, -0.25) is 13.8 Å². The molecule has 3 aromatic heterocycles. The molecule has 1 aromatic carbocycles. The molecule has 3 heterocycles. The Morgan fingerprint density at radius 2 is 2.04 bits per heavy atom. The molecule has 6 nitrogen and oxygen atoms in total. The quantitative estimate of drug-likeness (QED) is 0.452. The second-order valence-electron chi connectivity index (χ2n) is 6.71. The fourth-order valence-corrected chi connectivity index (χ4v) is 4.82.